The Morgan fingerprint density at radius 2 is 2.05 bits per heavy atom. The van der Waals surface area contributed by atoms with E-state index in [0.717, 1.165) is 17.9 Å². The van der Waals surface area contributed by atoms with Crippen molar-refractivity contribution in [2.75, 3.05) is 11.1 Å². The number of anilines is 1. The molecule has 20 heavy (non-hydrogen) atoms. The predicted octanol–water partition coefficient (Wildman–Crippen LogP) is 5.01. The van der Waals surface area contributed by atoms with Crippen LogP contribution in [0.5, 0.6) is 0 Å². The molecule has 1 aliphatic rings. The molecule has 0 fully saturated rings. The van der Waals surface area contributed by atoms with E-state index < -0.39 is 11.7 Å². The number of nitrogens with zero attached hydrogens (tertiary/aromatic N) is 1. The third kappa shape index (κ3) is 3.91. The van der Waals surface area contributed by atoms with Gasteiger partial charge in [0.2, 0.25) is 0 Å². The molecule has 0 radical (unpaired) electrons. The number of halogens is 4. The first-order valence-electron chi connectivity index (χ1n) is 6.11. The minimum atomic E-state index is -4.36. The van der Waals surface area contributed by atoms with Crippen LogP contribution in [-0.4, -0.2) is 17.0 Å². The number of aliphatic imine (C=N–C) groups is 1. The molecule has 0 spiro atoms. The number of hydrogen-bond donors (Lipinski definition) is 1. The molecule has 0 amide bonds. The van der Waals surface area contributed by atoms with Gasteiger partial charge in [0.1, 0.15) is 0 Å². The normalized spacial score (nSPS) is 19.4. The summed E-state index contributed by atoms with van der Waals surface area (Å²) in [6.07, 6.45) is -4.36. The van der Waals surface area contributed by atoms with Gasteiger partial charge in [-0.05, 0) is 24.1 Å². The third-order valence-electron chi connectivity index (χ3n) is 2.92. The summed E-state index contributed by atoms with van der Waals surface area (Å²) in [6.45, 7) is 4.16. The van der Waals surface area contributed by atoms with Crippen molar-refractivity contribution in [2.24, 2.45) is 10.9 Å². The molecule has 0 saturated heterocycles. The summed E-state index contributed by atoms with van der Waals surface area (Å²) in [4.78, 5) is 4.48. The molecule has 1 atom stereocenters. The van der Waals surface area contributed by atoms with Gasteiger partial charge in [0.25, 0.3) is 0 Å². The molecule has 1 aliphatic heterocycles. The molecule has 0 aliphatic carbocycles. The van der Waals surface area contributed by atoms with Gasteiger partial charge in [-0.1, -0.05) is 41.5 Å². The maximum absolute atomic E-state index is 12.7. The number of alkyl halides is 3. The van der Waals surface area contributed by atoms with E-state index in [2.05, 4.69) is 40.1 Å². The zero-order chi connectivity index (χ0) is 14.9. The average molecular weight is 367 g/mol. The van der Waals surface area contributed by atoms with Crippen molar-refractivity contribution in [3.8, 4) is 0 Å². The molecule has 0 bridgehead atoms. The molecule has 1 heterocycles. The van der Waals surface area contributed by atoms with E-state index in [9.17, 15) is 13.2 Å². The van der Waals surface area contributed by atoms with Crippen LogP contribution in [0.4, 0.5) is 18.9 Å². The number of benzene rings is 1. The van der Waals surface area contributed by atoms with Gasteiger partial charge >= 0.3 is 6.18 Å². The lowest BCUT2D eigenvalue weighted by molar-refractivity contribution is -0.137. The average Bonchev–Trinajstić information content (AvgIpc) is 2.75. The van der Waals surface area contributed by atoms with Crippen LogP contribution in [0.2, 0.25) is 0 Å². The predicted molar refractivity (Wildman–Crippen MR) is 81.3 cm³/mol. The zero-order valence-electron chi connectivity index (χ0n) is 11.0. The zero-order valence-corrected chi connectivity index (χ0v) is 13.4. The maximum atomic E-state index is 12.7. The highest BCUT2D eigenvalue weighted by molar-refractivity contribution is 9.10. The van der Waals surface area contributed by atoms with Gasteiger partial charge in [0.15, 0.2) is 5.17 Å². The smallest absolute Gasteiger partial charge is 0.335 e. The van der Waals surface area contributed by atoms with E-state index in [4.69, 9.17) is 0 Å². The van der Waals surface area contributed by atoms with Gasteiger partial charge in [-0.3, -0.25) is 4.99 Å². The molecule has 0 aromatic heterocycles. The number of hydrogen-bond acceptors (Lipinski definition) is 3. The Morgan fingerprint density at radius 3 is 2.60 bits per heavy atom. The molecule has 1 aromatic carbocycles. The van der Waals surface area contributed by atoms with E-state index >= 15 is 0 Å². The standard InChI is InChI=1S/C13H14BrF3N2S/c1-7(2)11-6-20-12(19-11)18-10-4-8(13(15,16)17)3-9(14)5-10/h3-5,7,11H,6H2,1-2H3,(H,18,19). The minimum absolute atomic E-state index is 0.219. The minimum Gasteiger partial charge on any atom is -0.335 e. The fraction of sp³-hybridized carbons (Fsp3) is 0.462. The van der Waals surface area contributed by atoms with Crippen LogP contribution in [0.25, 0.3) is 0 Å². The van der Waals surface area contributed by atoms with Crippen molar-refractivity contribution in [3.63, 3.8) is 0 Å². The molecule has 1 N–H and O–H groups in total. The lowest BCUT2D eigenvalue weighted by atomic mass is 10.1. The van der Waals surface area contributed by atoms with Crippen LogP contribution in [0.1, 0.15) is 19.4 Å². The Kier molecular flexibility index (Phi) is 4.69. The summed E-state index contributed by atoms with van der Waals surface area (Å²) in [7, 11) is 0. The summed E-state index contributed by atoms with van der Waals surface area (Å²) in [5.41, 5.74) is -0.291. The summed E-state index contributed by atoms with van der Waals surface area (Å²) < 4.78 is 38.6. The fourth-order valence-corrected chi connectivity index (χ4v) is 3.43. The number of thioether (sulfide) groups is 1. The van der Waals surface area contributed by atoms with Crippen molar-refractivity contribution < 1.29 is 13.2 Å². The molecule has 2 rings (SSSR count). The van der Waals surface area contributed by atoms with E-state index in [1.807, 2.05) is 0 Å². The molecular weight excluding hydrogens is 353 g/mol. The monoisotopic (exact) mass is 366 g/mol. The van der Waals surface area contributed by atoms with Gasteiger partial charge < -0.3 is 5.32 Å². The van der Waals surface area contributed by atoms with E-state index in [0.29, 0.717) is 21.2 Å². The Hall–Kier alpha value is -0.690. The van der Waals surface area contributed by atoms with Gasteiger partial charge in [-0.2, -0.15) is 13.2 Å². The van der Waals surface area contributed by atoms with Gasteiger partial charge in [-0.25, -0.2) is 0 Å². The van der Waals surface area contributed by atoms with Crippen molar-refractivity contribution in [1.29, 1.82) is 0 Å². The second kappa shape index (κ2) is 5.97. The largest absolute Gasteiger partial charge is 0.416 e. The third-order valence-corrected chi connectivity index (χ3v) is 4.37. The van der Waals surface area contributed by atoms with Crippen LogP contribution < -0.4 is 5.32 Å². The lowest BCUT2D eigenvalue weighted by Gasteiger charge is -2.11. The van der Waals surface area contributed by atoms with Gasteiger partial charge in [0, 0.05) is 15.9 Å². The van der Waals surface area contributed by atoms with Gasteiger partial charge in [-0.15, -0.1) is 0 Å². The van der Waals surface area contributed by atoms with Crippen LogP contribution in [-0.2, 0) is 6.18 Å². The van der Waals surface area contributed by atoms with E-state index in [1.165, 1.54) is 11.8 Å². The quantitative estimate of drug-likeness (QED) is 0.795. The van der Waals surface area contributed by atoms with Crippen molar-refractivity contribution >= 4 is 38.5 Å². The molecule has 7 heteroatoms. The Bertz CT molecular complexity index is 529. The summed E-state index contributed by atoms with van der Waals surface area (Å²) in [6, 6.07) is 3.99. The van der Waals surface area contributed by atoms with Gasteiger partial charge in [0.05, 0.1) is 11.6 Å². The summed E-state index contributed by atoms with van der Waals surface area (Å²) in [5, 5.41) is 3.64. The van der Waals surface area contributed by atoms with Crippen LogP contribution in [0.15, 0.2) is 27.7 Å². The molecular formula is C13H14BrF3N2S. The molecule has 2 nitrogen and oxygen atoms in total. The second-order valence-corrected chi connectivity index (χ2v) is 6.83. The lowest BCUT2D eigenvalue weighted by Crippen LogP contribution is -2.12. The van der Waals surface area contributed by atoms with Crippen molar-refractivity contribution in [1.82, 2.24) is 0 Å². The Morgan fingerprint density at radius 1 is 1.35 bits per heavy atom. The topological polar surface area (TPSA) is 24.4 Å². The fourth-order valence-electron chi connectivity index (χ4n) is 1.75. The number of rotatable bonds is 2. The summed E-state index contributed by atoms with van der Waals surface area (Å²) >= 11 is 4.64. The Balaban J connectivity index is 2.18. The highest BCUT2D eigenvalue weighted by atomic mass is 79.9. The van der Waals surface area contributed by atoms with Crippen LogP contribution in [0, 0.1) is 5.92 Å². The number of amidine groups is 1. The molecule has 1 aromatic rings. The Labute approximate surface area is 128 Å². The highest BCUT2D eigenvalue weighted by Gasteiger charge is 2.31. The number of nitrogens with one attached hydrogen (secondary N) is 1. The first-order chi connectivity index (χ1) is 9.25. The first-order valence-corrected chi connectivity index (χ1v) is 7.89. The highest BCUT2D eigenvalue weighted by Crippen LogP contribution is 2.34. The SMILES string of the molecule is CC(C)C1CSC(Nc2cc(Br)cc(C(F)(F)F)c2)=N1. The maximum Gasteiger partial charge on any atom is 0.416 e. The van der Waals surface area contributed by atoms with Crippen molar-refractivity contribution in [2.45, 2.75) is 26.1 Å². The molecule has 1 unspecified atom stereocenters. The first kappa shape index (κ1) is 15.7. The van der Waals surface area contributed by atoms with Crippen LogP contribution in [0.3, 0.4) is 0 Å². The molecule has 110 valence electrons. The van der Waals surface area contributed by atoms with Crippen LogP contribution >= 0.6 is 27.7 Å². The van der Waals surface area contributed by atoms with E-state index in [-0.39, 0.29) is 6.04 Å². The van der Waals surface area contributed by atoms with Crippen molar-refractivity contribution in [3.05, 3.63) is 28.2 Å². The second-order valence-electron chi connectivity index (χ2n) is 4.91. The molecule has 0 saturated carbocycles. The summed E-state index contributed by atoms with van der Waals surface area (Å²) in [5.74, 6) is 1.29. The van der Waals surface area contributed by atoms with E-state index in [1.54, 1.807) is 6.07 Å².